The first-order valence-corrected chi connectivity index (χ1v) is 8.03. The molecule has 1 aromatic heterocycles. The van der Waals surface area contributed by atoms with Crippen LogP contribution in [-0.2, 0) is 9.59 Å². The monoisotopic (exact) mass is 317 g/mol. The predicted molar refractivity (Wildman–Crippen MR) is 80.8 cm³/mol. The lowest BCUT2D eigenvalue weighted by atomic mass is 10.1. The number of carbonyl (C=O) groups is 2. The second-order valence-electron chi connectivity index (χ2n) is 4.34. The first-order valence-electron chi connectivity index (χ1n) is 6.23. The van der Waals surface area contributed by atoms with Crippen molar-refractivity contribution in [2.45, 2.75) is 31.2 Å². The minimum absolute atomic E-state index is 0.0230. The van der Waals surface area contributed by atoms with Crippen LogP contribution in [0, 0.1) is 5.92 Å². The molecule has 1 heterocycles. The van der Waals surface area contributed by atoms with Crippen molar-refractivity contribution >= 4 is 40.0 Å². The zero-order valence-corrected chi connectivity index (χ0v) is 13.3. The zero-order valence-electron chi connectivity index (χ0n) is 11.7. The molecule has 112 valence electrons. The van der Waals surface area contributed by atoms with E-state index in [0.29, 0.717) is 5.13 Å². The normalized spacial score (nSPS) is 12.2. The summed E-state index contributed by atoms with van der Waals surface area (Å²) in [5, 5.41) is 13.3. The molecule has 0 aliphatic rings. The Morgan fingerprint density at radius 3 is 2.70 bits per heavy atom. The van der Waals surface area contributed by atoms with E-state index in [4.69, 9.17) is 5.73 Å². The van der Waals surface area contributed by atoms with E-state index in [9.17, 15) is 9.59 Å². The van der Waals surface area contributed by atoms with Gasteiger partial charge in [0.05, 0.1) is 12.6 Å². The van der Waals surface area contributed by atoms with Crippen molar-refractivity contribution in [1.29, 1.82) is 0 Å². The zero-order chi connectivity index (χ0) is 15.1. The molecule has 4 N–H and O–H groups in total. The molecule has 0 fully saturated rings. The summed E-state index contributed by atoms with van der Waals surface area (Å²) in [5.41, 5.74) is 5.67. The Morgan fingerprint density at radius 2 is 2.10 bits per heavy atom. The minimum Gasteiger partial charge on any atom is -0.346 e. The van der Waals surface area contributed by atoms with Gasteiger partial charge in [-0.2, -0.15) is 0 Å². The van der Waals surface area contributed by atoms with E-state index in [0.717, 1.165) is 10.1 Å². The predicted octanol–water partition coefficient (Wildman–Crippen LogP) is 0.688. The lowest BCUT2D eigenvalue weighted by molar-refractivity contribution is -0.125. The Labute approximate surface area is 126 Å². The summed E-state index contributed by atoms with van der Waals surface area (Å²) in [6.45, 7) is 5.57. The number of nitrogens with zero attached hydrogens (tertiary/aromatic N) is 2. The maximum Gasteiger partial charge on any atom is 0.245 e. The third-order valence-corrected chi connectivity index (χ3v) is 4.22. The molecule has 1 aromatic rings. The highest BCUT2D eigenvalue weighted by atomic mass is 32.2. The number of amides is 2. The smallest absolute Gasteiger partial charge is 0.245 e. The van der Waals surface area contributed by atoms with Gasteiger partial charge >= 0.3 is 0 Å². The molecular weight excluding hydrogens is 298 g/mol. The molecule has 2 amide bonds. The number of nitrogens with one attached hydrogen (secondary N) is 2. The highest BCUT2D eigenvalue weighted by Gasteiger charge is 2.17. The quantitative estimate of drug-likeness (QED) is 0.504. The van der Waals surface area contributed by atoms with Gasteiger partial charge in [0.2, 0.25) is 16.9 Å². The van der Waals surface area contributed by atoms with Crippen molar-refractivity contribution in [2.75, 3.05) is 17.6 Å². The fourth-order valence-corrected chi connectivity index (χ4v) is 2.86. The summed E-state index contributed by atoms with van der Waals surface area (Å²) >= 11 is 2.86. The van der Waals surface area contributed by atoms with E-state index in [1.807, 2.05) is 20.8 Å². The molecule has 0 radical (unpaired) electrons. The second-order valence-corrected chi connectivity index (χ2v) is 6.83. The summed E-state index contributed by atoms with van der Waals surface area (Å²) in [4.78, 5) is 23.2. The fourth-order valence-electron chi connectivity index (χ4n) is 1.19. The van der Waals surface area contributed by atoms with Gasteiger partial charge in [-0.3, -0.25) is 14.9 Å². The van der Waals surface area contributed by atoms with Crippen LogP contribution in [0.5, 0.6) is 0 Å². The van der Waals surface area contributed by atoms with Gasteiger partial charge in [0, 0.05) is 0 Å². The minimum atomic E-state index is -0.614. The van der Waals surface area contributed by atoms with Gasteiger partial charge in [-0.15, -0.1) is 10.2 Å². The topological polar surface area (TPSA) is 110 Å². The third-order valence-electron chi connectivity index (χ3n) is 2.36. The second kappa shape index (κ2) is 8.18. The molecule has 0 aliphatic heterocycles. The van der Waals surface area contributed by atoms with Crippen LogP contribution in [-0.4, -0.2) is 40.4 Å². The molecule has 1 atom stereocenters. The number of hydrogen-bond acceptors (Lipinski definition) is 7. The number of rotatable bonds is 7. The lowest BCUT2D eigenvalue weighted by Gasteiger charge is -2.14. The Balaban J connectivity index is 2.38. The van der Waals surface area contributed by atoms with Crippen LogP contribution < -0.4 is 16.4 Å². The summed E-state index contributed by atoms with van der Waals surface area (Å²) in [5.74, 6) is 0.231. The fraction of sp³-hybridized carbons (Fsp3) is 0.636. The van der Waals surface area contributed by atoms with Crippen LogP contribution in [0.25, 0.3) is 0 Å². The number of aromatic nitrogens is 2. The van der Waals surface area contributed by atoms with Crippen LogP contribution in [0.3, 0.4) is 0 Å². The van der Waals surface area contributed by atoms with E-state index < -0.39 is 6.04 Å². The molecule has 0 bridgehead atoms. The van der Waals surface area contributed by atoms with Crippen LogP contribution >= 0.6 is 23.1 Å². The Bertz CT molecular complexity index is 463. The summed E-state index contributed by atoms with van der Waals surface area (Å²) in [7, 11) is 0. The molecule has 0 saturated carbocycles. The van der Waals surface area contributed by atoms with E-state index in [2.05, 4.69) is 20.8 Å². The Hall–Kier alpha value is -1.19. The largest absolute Gasteiger partial charge is 0.346 e. The van der Waals surface area contributed by atoms with Gasteiger partial charge in [0.25, 0.3) is 0 Å². The van der Waals surface area contributed by atoms with Crippen molar-refractivity contribution in [3.8, 4) is 0 Å². The highest BCUT2D eigenvalue weighted by molar-refractivity contribution is 8.01. The van der Waals surface area contributed by atoms with Crippen LogP contribution in [0.1, 0.15) is 20.8 Å². The average molecular weight is 317 g/mol. The van der Waals surface area contributed by atoms with Crippen molar-refractivity contribution in [3.63, 3.8) is 0 Å². The van der Waals surface area contributed by atoms with Gasteiger partial charge in [-0.1, -0.05) is 43.9 Å². The van der Waals surface area contributed by atoms with Crippen molar-refractivity contribution < 1.29 is 9.59 Å². The van der Waals surface area contributed by atoms with E-state index >= 15 is 0 Å². The average Bonchev–Trinajstić information content (AvgIpc) is 2.82. The van der Waals surface area contributed by atoms with Crippen molar-refractivity contribution in [2.24, 2.45) is 11.7 Å². The number of carbonyl (C=O) groups excluding carboxylic acids is 2. The lowest BCUT2D eigenvalue weighted by Crippen LogP contribution is -2.46. The van der Waals surface area contributed by atoms with E-state index in [-0.39, 0.29) is 24.3 Å². The van der Waals surface area contributed by atoms with Gasteiger partial charge in [-0.25, -0.2) is 0 Å². The standard InChI is InChI=1S/C11H19N5O2S2/c1-4-19-11-16-15-10(20-11)14-7(17)5-13-9(18)8(12)6(2)3/h6,8H,4-5,12H2,1-3H3,(H,13,18)(H,14,15,17)/t8-/m0/s1. The molecule has 0 aromatic carbocycles. The molecule has 0 unspecified atom stereocenters. The number of thioether (sulfide) groups is 1. The summed E-state index contributed by atoms with van der Waals surface area (Å²) in [6.07, 6.45) is 0. The molecule has 0 aliphatic carbocycles. The van der Waals surface area contributed by atoms with E-state index in [1.165, 1.54) is 11.3 Å². The van der Waals surface area contributed by atoms with Crippen molar-refractivity contribution in [3.05, 3.63) is 0 Å². The number of nitrogens with two attached hydrogens (primary N) is 1. The molecule has 7 nitrogen and oxygen atoms in total. The molecule has 0 saturated heterocycles. The first kappa shape index (κ1) is 16.9. The highest BCUT2D eigenvalue weighted by Crippen LogP contribution is 2.24. The third kappa shape index (κ3) is 5.43. The van der Waals surface area contributed by atoms with Gasteiger partial charge in [0.1, 0.15) is 0 Å². The van der Waals surface area contributed by atoms with Gasteiger partial charge in [0.15, 0.2) is 4.34 Å². The van der Waals surface area contributed by atoms with Crippen molar-refractivity contribution in [1.82, 2.24) is 15.5 Å². The maximum absolute atomic E-state index is 11.6. The summed E-state index contributed by atoms with van der Waals surface area (Å²) in [6, 6.07) is -0.614. The summed E-state index contributed by atoms with van der Waals surface area (Å²) < 4.78 is 0.800. The molecule has 20 heavy (non-hydrogen) atoms. The molecule has 1 rings (SSSR count). The molecular formula is C11H19N5O2S2. The molecule has 9 heteroatoms. The maximum atomic E-state index is 11.6. The Morgan fingerprint density at radius 1 is 1.40 bits per heavy atom. The van der Waals surface area contributed by atoms with Crippen LogP contribution in [0.2, 0.25) is 0 Å². The molecule has 0 spiro atoms. The van der Waals surface area contributed by atoms with Crippen LogP contribution in [0.4, 0.5) is 5.13 Å². The van der Waals surface area contributed by atoms with Gasteiger partial charge < -0.3 is 11.1 Å². The Kier molecular flexibility index (Phi) is 6.89. The number of anilines is 1. The SMILES string of the molecule is CCSc1nnc(NC(=O)CNC(=O)[C@@H](N)C(C)C)s1. The van der Waals surface area contributed by atoms with Gasteiger partial charge in [-0.05, 0) is 11.7 Å². The first-order chi connectivity index (χ1) is 9.43. The van der Waals surface area contributed by atoms with Crippen LogP contribution in [0.15, 0.2) is 4.34 Å². The van der Waals surface area contributed by atoms with E-state index in [1.54, 1.807) is 11.8 Å². The number of hydrogen-bond donors (Lipinski definition) is 3.